The van der Waals surface area contributed by atoms with Crippen LogP contribution in [0.4, 0.5) is 0 Å². The molecule has 3 heteroatoms. The normalized spacial score (nSPS) is 12.8. The van der Waals surface area contributed by atoms with Gasteiger partial charge in [-0.3, -0.25) is 4.98 Å². The number of aliphatic hydroxyl groups excluding tert-OH is 1. The van der Waals surface area contributed by atoms with E-state index in [4.69, 9.17) is 4.74 Å². The topological polar surface area (TPSA) is 42.4 Å². The molecule has 78 valence electrons. The number of rotatable bonds is 5. The Morgan fingerprint density at radius 3 is 3.00 bits per heavy atom. The van der Waals surface area contributed by atoms with E-state index >= 15 is 0 Å². The van der Waals surface area contributed by atoms with E-state index in [1.165, 1.54) is 0 Å². The van der Waals surface area contributed by atoms with Crippen molar-refractivity contribution in [1.29, 1.82) is 0 Å². The average Bonchev–Trinajstić information content (AvgIpc) is 2.18. The van der Waals surface area contributed by atoms with Crippen molar-refractivity contribution in [3.63, 3.8) is 0 Å². The summed E-state index contributed by atoms with van der Waals surface area (Å²) in [4.78, 5) is 4.08. The number of aliphatic hydroxyl groups is 1. The quantitative estimate of drug-likeness (QED) is 0.729. The van der Waals surface area contributed by atoms with Gasteiger partial charge in [0.05, 0.1) is 6.10 Å². The van der Waals surface area contributed by atoms with Gasteiger partial charge in [0.25, 0.3) is 0 Å². The number of aryl methyl sites for hydroxylation is 1. The highest BCUT2D eigenvalue weighted by Crippen LogP contribution is 2.17. The number of methoxy groups -OCH3 is 1. The molecule has 1 aromatic rings. The molecule has 0 aromatic carbocycles. The average molecular weight is 195 g/mol. The van der Waals surface area contributed by atoms with Gasteiger partial charge < -0.3 is 9.84 Å². The number of aromatic nitrogens is 1. The van der Waals surface area contributed by atoms with Crippen LogP contribution < -0.4 is 0 Å². The molecule has 0 spiro atoms. The molecule has 0 radical (unpaired) electrons. The molecule has 14 heavy (non-hydrogen) atoms. The fourth-order valence-corrected chi connectivity index (χ4v) is 1.36. The molecule has 1 aromatic heterocycles. The van der Waals surface area contributed by atoms with Gasteiger partial charge in [-0.15, -0.1) is 0 Å². The standard InChI is InChI=1S/C11H17NO2/c1-9-8-10(5-6-12-9)11(13)4-3-7-14-2/h5-6,8,11,13H,3-4,7H2,1-2H3. The number of pyridine rings is 1. The summed E-state index contributed by atoms with van der Waals surface area (Å²) in [6.45, 7) is 2.62. The maximum atomic E-state index is 9.79. The van der Waals surface area contributed by atoms with Gasteiger partial charge in [0.1, 0.15) is 0 Å². The zero-order valence-corrected chi connectivity index (χ0v) is 8.73. The molecule has 1 heterocycles. The first-order chi connectivity index (χ1) is 6.74. The lowest BCUT2D eigenvalue weighted by Crippen LogP contribution is -2.00. The van der Waals surface area contributed by atoms with Gasteiger partial charge in [0.15, 0.2) is 0 Å². The van der Waals surface area contributed by atoms with Crippen LogP contribution in [0.25, 0.3) is 0 Å². The summed E-state index contributed by atoms with van der Waals surface area (Å²) >= 11 is 0. The molecular weight excluding hydrogens is 178 g/mol. The molecule has 0 saturated carbocycles. The largest absolute Gasteiger partial charge is 0.388 e. The van der Waals surface area contributed by atoms with Crippen LogP contribution in [-0.2, 0) is 4.74 Å². The highest BCUT2D eigenvalue weighted by atomic mass is 16.5. The third kappa shape index (κ3) is 3.44. The second-order valence-electron chi connectivity index (χ2n) is 3.38. The summed E-state index contributed by atoms with van der Waals surface area (Å²) in [6, 6.07) is 3.77. The van der Waals surface area contributed by atoms with E-state index in [0.717, 1.165) is 24.1 Å². The van der Waals surface area contributed by atoms with Crippen molar-refractivity contribution >= 4 is 0 Å². The molecule has 0 aliphatic carbocycles. The van der Waals surface area contributed by atoms with Crippen LogP contribution >= 0.6 is 0 Å². The minimum atomic E-state index is -0.396. The Labute approximate surface area is 84.7 Å². The first-order valence-corrected chi connectivity index (χ1v) is 4.83. The third-order valence-corrected chi connectivity index (χ3v) is 2.13. The van der Waals surface area contributed by atoms with Crippen molar-refractivity contribution < 1.29 is 9.84 Å². The molecular formula is C11H17NO2. The lowest BCUT2D eigenvalue weighted by Gasteiger charge is -2.10. The Kier molecular flexibility index (Phi) is 4.56. The van der Waals surface area contributed by atoms with Gasteiger partial charge in [-0.05, 0) is 37.5 Å². The maximum Gasteiger partial charge on any atom is 0.0792 e. The van der Waals surface area contributed by atoms with E-state index < -0.39 is 6.10 Å². The van der Waals surface area contributed by atoms with E-state index in [2.05, 4.69) is 4.98 Å². The van der Waals surface area contributed by atoms with E-state index in [0.29, 0.717) is 6.61 Å². The number of nitrogens with zero attached hydrogens (tertiary/aromatic N) is 1. The minimum absolute atomic E-state index is 0.396. The van der Waals surface area contributed by atoms with Gasteiger partial charge in [0.2, 0.25) is 0 Å². The van der Waals surface area contributed by atoms with Crippen LogP contribution in [0.2, 0.25) is 0 Å². The first-order valence-electron chi connectivity index (χ1n) is 4.83. The molecule has 3 nitrogen and oxygen atoms in total. The fraction of sp³-hybridized carbons (Fsp3) is 0.545. The van der Waals surface area contributed by atoms with E-state index in [1.54, 1.807) is 13.3 Å². The van der Waals surface area contributed by atoms with Crippen molar-refractivity contribution in [1.82, 2.24) is 4.98 Å². The summed E-state index contributed by atoms with van der Waals surface area (Å²) in [6.07, 6.45) is 2.94. The highest BCUT2D eigenvalue weighted by molar-refractivity contribution is 5.17. The second-order valence-corrected chi connectivity index (χ2v) is 3.38. The van der Waals surface area contributed by atoms with Gasteiger partial charge in [-0.25, -0.2) is 0 Å². The van der Waals surface area contributed by atoms with Crippen LogP contribution in [0.5, 0.6) is 0 Å². The summed E-state index contributed by atoms with van der Waals surface area (Å²) < 4.78 is 4.93. The van der Waals surface area contributed by atoms with Crippen LogP contribution in [0.3, 0.4) is 0 Å². The van der Waals surface area contributed by atoms with Crippen molar-refractivity contribution in [2.24, 2.45) is 0 Å². The first kappa shape index (κ1) is 11.1. The molecule has 0 saturated heterocycles. The van der Waals surface area contributed by atoms with Gasteiger partial charge >= 0.3 is 0 Å². The second kappa shape index (κ2) is 5.73. The van der Waals surface area contributed by atoms with Crippen molar-refractivity contribution in [3.05, 3.63) is 29.6 Å². The summed E-state index contributed by atoms with van der Waals surface area (Å²) in [5.41, 5.74) is 1.88. The van der Waals surface area contributed by atoms with E-state index in [1.807, 2.05) is 19.1 Å². The molecule has 0 bridgehead atoms. The third-order valence-electron chi connectivity index (χ3n) is 2.13. The number of hydrogen-bond acceptors (Lipinski definition) is 3. The van der Waals surface area contributed by atoms with Crippen LogP contribution in [0, 0.1) is 6.92 Å². The Hall–Kier alpha value is -0.930. The van der Waals surface area contributed by atoms with Gasteiger partial charge in [-0.2, -0.15) is 0 Å². The molecule has 1 rings (SSSR count). The molecule has 0 fully saturated rings. The summed E-state index contributed by atoms with van der Waals surface area (Å²) in [5.74, 6) is 0. The van der Waals surface area contributed by atoms with Gasteiger partial charge in [0, 0.05) is 25.6 Å². The number of hydrogen-bond donors (Lipinski definition) is 1. The molecule has 1 atom stereocenters. The smallest absolute Gasteiger partial charge is 0.0792 e. The Morgan fingerprint density at radius 1 is 1.57 bits per heavy atom. The summed E-state index contributed by atoms with van der Waals surface area (Å²) in [7, 11) is 1.67. The van der Waals surface area contributed by atoms with Gasteiger partial charge in [-0.1, -0.05) is 0 Å². The lowest BCUT2D eigenvalue weighted by molar-refractivity contribution is 0.136. The highest BCUT2D eigenvalue weighted by Gasteiger charge is 2.06. The van der Waals surface area contributed by atoms with Crippen LogP contribution in [-0.4, -0.2) is 23.8 Å². The van der Waals surface area contributed by atoms with Crippen molar-refractivity contribution in [2.45, 2.75) is 25.9 Å². The maximum absolute atomic E-state index is 9.79. The molecule has 1 N–H and O–H groups in total. The molecule has 0 amide bonds. The van der Waals surface area contributed by atoms with Crippen molar-refractivity contribution in [2.75, 3.05) is 13.7 Å². The monoisotopic (exact) mass is 195 g/mol. The van der Waals surface area contributed by atoms with Crippen molar-refractivity contribution in [3.8, 4) is 0 Å². The minimum Gasteiger partial charge on any atom is -0.388 e. The van der Waals surface area contributed by atoms with E-state index in [-0.39, 0.29) is 0 Å². The molecule has 1 unspecified atom stereocenters. The van der Waals surface area contributed by atoms with Crippen LogP contribution in [0.1, 0.15) is 30.2 Å². The predicted octanol–water partition coefficient (Wildman–Crippen LogP) is 1.85. The molecule has 0 aliphatic heterocycles. The van der Waals surface area contributed by atoms with E-state index in [9.17, 15) is 5.11 Å². The Morgan fingerprint density at radius 2 is 2.36 bits per heavy atom. The molecule has 0 aliphatic rings. The zero-order valence-electron chi connectivity index (χ0n) is 8.73. The SMILES string of the molecule is COCCCC(O)c1ccnc(C)c1. The van der Waals surface area contributed by atoms with Crippen LogP contribution in [0.15, 0.2) is 18.3 Å². The Bertz CT molecular complexity index is 276. The fourth-order valence-electron chi connectivity index (χ4n) is 1.36. The summed E-state index contributed by atoms with van der Waals surface area (Å²) in [5, 5.41) is 9.79. The predicted molar refractivity (Wildman–Crippen MR) is 55.0 cm³/mol. The zero-order chi connectivity index (χ0) is 10.4. The lowest BCUT2D eigenvalue weighted by atomic mass is 10.1. The number of ether oxygens (including phenoxy) is 1. The Balaban J connectivity index is 2.47.